The van der Waals surface area contributed by atoms with Gasteiger partial charge >= 0.3 is 0 Å². The van der Waals surface area contributed by atoms with Gasteiger partial charge in [0.15, 0.2) is 0 Å². The van der Waals surface area contributed by atoms with E-state index in [2.05, 4.69) is 10.3 Å². The van der Waals surface area contributed by atoms with E-state index in [-0.39, 0.29) is 6.10 Å². The summed E-state index contributed by atoms with van der Waals surface area (Å²) in [6, 6.07) is 1.67. The van der Waals surface area contributed by atoms with Crippen LogP contribution in [0, 0.1) is 0 Å². The number of aromatic nitrogens is 1. The van der Waals surface area contributed by atoms with E-state index in [4.69, 9.17) is 4.74 Å². The molecule has 7 heteroatoms. The van der Waals surface area contributed by atoms with Gasteiger partial charge in [-0.05, 0) is 19.5 Å². The number of ether oxygens (including phenoxy) is 1. The highest BCUT2D eigenvalue weighted by molar-refractivity contribution is 7.89. The molecule has 18 heavy (non-hydrogen) atoms. The number of H-pyrrole nitrogens is 1. The number of nitrogens with one attached hydrogen (secondary N) is 2. The lowest BCUT2D eigenvalue weighted by molar-refractivity contribution is 0.115. The van der Waals surface area contributed by atoms with Gasteiger partial charge in [0, 0.05) is 38.6 Å². The van der Waals surface area contributed by atoms with Gasteiger partial charge in [-0.25, -0.2) is 8.42 Å². The van der Waals surface area contributed by atoms with E-state index in [1.807, 2.05) is 7.05 Å². The van der Waals surface area contributed by atoms with Crippen LogP contribution in [0.3, 0.4) is 0 Å². The molecular formula is C11H19N3O3S. The third kappa shape index (κ3) is 2.59. The van der Waals surface area contributed by atoms with Crippen LogP contribution in [-0.4, -0.2) is 51.1 Å². The number of aromatic amines is 1. The zero-order valence-corrected chi connectivity index (χ0v) is 11.5. The zero-order chi connectivity index (χ0) is 13.2. The molecule has 1 aromatic heterocycles. The molecule has 0 radical (unpaired) electrons. The van der Waals surface area contributed by atoms with E-state index >= 15 is 0 Å². The van der Waals surface area contributed by atoms with Gasteiger partial charge < -0.3 is 15.0 Å². The number of hydrogen-bond donors (Lipinski definition) is 2. The van der Waals surface area contributed by atoms with Gasteiger partial charge in [0.1, 0.15) is 0 Å². The fourth-order valence-electron chi connectivity index (χ4n) is 2.12. The summed E-state index contributed by atoms with van der Waals surface area (Å²) in [5.74, 6) is 0. The van der Waals surface area contributed by atoms with Crippen LogP contribution in [0.25, 0.3) is 0 Å². The highest BCUT2D eigenvalue weighted by Gasteiger charge is 2.32. The molecular weight excluding hydrogens is 254 g/mol. The van der Waals surface area contributed by atoms with Crippen molar-refractivity contribution in [1.82, 2.24) is 14.6 Å². The average molecular weight is 273 g/mol. The predicted molar refractivity (Wildman–Crippen MR) is 67.7 cm³/mol. The van der Waals surface area contributed by atoms with Crippen molar-refractivity contribution in [2.75, 3.05) is 27.2 Å². The topological polar surface area (TPSA) is 74.4 Å². The van der Waals surface area contributed by atoms with Crippen molar-refractivity contribution in [3.63, 3.8) is 0 Å². The van der Waals surface area contributed by atoms with Crippen LogP contribution >= 0.6 is 0 Å². The largest absolute Gasteiger partial charge is 0.380 e. The van der Waals surface area contributed by atoms with Gasteiger partial charge in [0.25, 0.3) is 0 Å². The number of rotatable bonds is 5. The lowest BCUT2D eigenvalue weighted by Crippen LogP contribution is -2.29. The standard InChI is InChI=1S/C11H19N3O3S/c1-12-6-9-5-11(7-13-9)18(15,16)14-4-3-10(8-14)17-2/h5,7,10,12-13H,3-4,6,8H2,1-2H3. The van der Waals surface area contributed by atoms with Crippen molar-refractivity contribution in [1.29, 1.82) is 0 Å². The maximum atomic E-state index is 12.3. The molecule has 2 rings (SSSR count). The van der Waals surface area contributed by atoms with Gasteiger partial charge in [-0.3, -0.25) is 0 Å². The van der Waals surface area contributed by atoms with Gasteiger partial charge in [0.05, 0.1) is 11.0 Å². The van der Waals surface area contributed by atoms with Crippen molar-refractivity contribution in [2.45, 2.75) is 24.0 Å². The van der Waals surface area contributed by atoms with Gasteiger partial charge in [0.2, 0.25) is 10.0 Å². The maximum Gasteiger partial charge on any atom is 0.244 e. The van der Waals surface area contributed by atoms with Crippen LogP contribution < -0.4 is 5.32 Å². The molecule has 0 amide bonds. The monoisotopic (exact) mass is 273 g/mol. The highest BCUT2D eigenvalue weighted by Crippen LogP contribution is 2.22. The predicted octanol–water partition coefficient (Wildman–Crippen LogP) is 0.144. The zero-order valence-electron chi connectivity index (χ0n) is 10.6. The molecule has 0 bridgehead atoms. The second-order valence-corrected chi connectivity index (χ2v) is 6.34. The summed E-state index contributed by atoms with van der Waals surface area (Å²) in [4.78, 5) is 3.29. The SMILES string of the molecule is CNCc1cc(S(=O)(=O)N2CCC(OC)C2)c[nH]1. The molecule has 0 spiro atoms. The minimum absolute atomic E-state index is 0.00972. The van der Waals surface area contributed by atoms with Crippen molar-refractivity contribution in [3.8, 4) is 0 Å². The van der Waals surface area contributed by atoms with Crippen molar-refractivity contribution >= 4 is 10.0 Å². The lowest BCUT2D eigenvalue weighted by Gasteiger charge is -2.14. The molecule has 0 aromatic carbocycles. The Labute approximate surface area is 107 Å². The van der Waals surface area contributed by atoms with E-state index in [1.165, 1.54) is 4.31 Å². The number of methoxy groups -OCH3 is 1. The van der Waals surface area contributed by atoms with Gasteiger partial charge in [-0.1, -0.05) is 0 Å². The number of nitrogens with zero attached hydrogens (tertiary/aromatic N) is 1. The van der Waals surface area contributed by atoms with Crippen LogP contribution in [0.1, 0.15) is 12.1 Å². The first-order valence-corrected chi connectivity index (χ1v) is 7.36. The minimum Gasteiger partial charge on any atom is -0.380 e. The summed E-state index contributed by atoms with van der Waals surface area (Å²) in [6.07, 6.45) is 2.31. The van der Waals surface area contributed by atoms with Crippen LogP contribution in [0.2, 0.25) is 0 Å². The molecule has 102 valence electrons. The second kappa shape index (κ2) is 5.40. The minimum atomic E-state index is -3.38. The Balaban J connectivity index is 2.15. The first-order valence-electron chi connectivity index (χ1n) is 5.92. The molecule has 6 nitrogen and oxygen atoms in total. The lowest BCUT2D eigenvalue weighted by atomic mass is 10.3. The average Bonchev–Trinajstić information content (AvgIpc) is 2.98. The van der Waals surface area contributed by atoms with Gasteiger partial charge in [-0.15, -0.1) is 0 Å². The summed E-state index contributed by atoms with van der Waals surface area (Å²) in [6.45, 7) is 1.58. The maximum absolute atomic E-state index is 12.3. The molecule has 1 aliphatic rings. The molecule has 1 atom stereocenters. The fraction of sp³-hybridized carbons (Fsp3) is 0.636. The molecule has 1 aromatic rings. The van der Waals surface area contributed by atoms with Crippen molar-refractivity contribution in [2.24, 2.45) is 0 Å². The molecule has 0 aliphatic carbocycles. The van der Waals surface area contributed by atoms with Crippen LogP contribution in [-0.2, 0) is 21.3 Å². The molecule has 0 saturated carbocycles. The smallest absolute Gasteiger partial charge is 0.244 e. The van der Waals surface area contributed by atoms with Crippen LogP contribution in [0.15, 0.2) is 17.2 Å². The first-order chi connectivity index (χ1) is 8.57. The Morgan fingerprint density at radius 1 is 1.61 bits per heavy atom. The van der Waals surface area contributed by atoms with Crippen molar-refractivity contribution in [3.05, 3.63) is 18.0 Å². The summed E-state index contributed by atoms with van der Waals surface area (Å²) in [5, 5.41) is 2.97. The van der Waals surface area contributed by atoms with E-state index < -0.39 is 10.0 Å². The quantitative estimate of drug-likeness (QED) is 0.800. The van der Waals surface area contributed by atoms with Gasteiger partial charge in [-0.2, -0.15) is 4.31 Å². The summed E-state index contributed by atoms with van der Waals surface area (Å²) < 4.78 is 31.4. The number of sulfonamides is 1. The molecule has 2 heterocycles. The first kappa shape index (κ1) is 13.5. The Kier molecular flexibility index (Phi) is 4.06. The van der Waals surface area contributed by atoms with E-state index in [0.717, 1.165) is 12.1 Å². The third-order valence-electron chi connectivity index (χ3n) is 3.16. The molecule has 2 N–H and O–H groups in total. The Hall–Kier alpha value is -0.890. The summed E-state index contributed by atoms with van der Waals surface area (Å²) in [5.41, 5.74) is 0.860. The molecule has 1 unspecified atom stereocenters. The third-order valence-corrected chi connectivity index (χ3v) is 5.01. The van der Waals surface area contributed by atoms with E-state index in [0.29, 0.717) is 24.5 Å². The molecule has 1 fully saturated rings. The molecule has 1 aliphatic heterocycles. The molecule has 1 saturated heterocycles. The Morgan fingerprint density at radius 3 is 3.00 bits per heavy atom. The summed E-state index contributed by atoms with van der Waals surface area (Å²) >= 11 is 0. The Morgan fingerprint density at radius 2 is 2.39 bits per heavy atom. The van der Waals surface area contributed by atoms with Crippen LogP contribution in [0.5, 0.6) is 0 Å². The Bertz CT molecular complexity index is 497. The van der Waals surface area contributed by atoms with E-state index in [1.54, 1.807) is 19.4 Å². The van der Waals surface area contributed by atoms with Crippen LogP contribution in [0.4, 0.5) is 0 Å². The summed E-state index contributed by atoms with van der Waals surface area (Å²) in [7, 11) is 0.0464. The number of hydrogen-bond acceptors (Lipinski definition) is 4. The highest BCUT2D eigenvalue weighted by atomic mass is 32.2. The van der Waals surface area contributed by atoms with Crippen molar-refractivity contribution < 1.29 is 13.2 Å². The second-order valence-electron chi connectivity index (χ2n) is 4.40. The fourth-order valence-corrected chi connectivity index (χ4v) is 3.62. The van der Waals surface area contributed by atoms with E-state index in [9.17, 15) is 8.42 Å². The normalized spacial score (nSPS) is 21.6.